The maximum Gasteiger partial charge on any atom is 0.251 e. The SMILES string of the molecule is CCn1c(CNC(=O)c2ccc(C)cc2)nnc1SCC(=O)Nc1c(Cl)cc(Cl)cc1Cl. The average Bonchev–Trinajstić information content (AvgIpc) is 3.15. The number of nitrogens with one attached hydrogen (secondary N) is 2. The fourth-order valence-electron chi connectivity index (χ4n) is 2.81. The second kappa shape index (κ2) is 11.0. The third kappa shape index (κ3) is 6.16. The predicted octanol–water partition coefficient (Wildman–Crippen LogP) is 5.23. The normalized spacial score (nSPS) is 10.8. The molecule has 32 heavy (non-hydrogen) atoms. The Morgan fingerprint density at radius 3 is 2.34 bits per heavy atom. The summed E-state index contributed by atoms with van der Waals surface area (Å²) in [5.41, 5.74) is 1.96. The van der Waals surface area contributed by atoms with Crippen LogP contribution in [-0.4, -0.2) is 32.3 Å². The first-order chi connectivity index (χ1) is 15.3. The number of carbonyl (C=O) groups is 2. The molecule has 1 heterocycles. The summed E-state index contributed by atoms with van der Waals surface area (Å²) in [6.07, 6.45) is 0. The van der Waals surface area contributed by atoms with E-state index in [4.69, 9.17) is 34.8 Å². The second-order valence-electron chi connectivity index (χ2n) is 6.77. The number of benzene rings is 2. The van der Waals surface area contributed by atoms with Crippen molar-refractivity contribution in [3.63, 3.8) is 0 Å². The number of hydrogen-bond acceptors (Lipinski definition) is 5. The number of rotatable bonds is 8. The molecule has 0 aliphatic rings. The molecule has 2 aromatic carbocycles. The van der Waals surface area contributed by atoms with Gasteiger partial charge in [0.25, 0.3) is 5.91 Å². The fourth-order valence-corrected chi connectivity index (χ4v) is 4.54. The Balaban J connectivity index is 1.59. The van der Waals surface area contributed by atoms with Crippen molar-refractivity contribution in [2.75, 3.05) is 11.1 Å². The number of anilines is 1. The maximum atomic E-state index is 12.4. The van der Waals surface area contributed by atoms with E-state index in [0.717, 1.165) is 5.56 Å². The number of aromatic nitrogens is 3. The minimum Gasteiger partial charge on any atom is -0.345 e. The van der Waals surface area contributed by atoms with Crippen LogP contribution < -0.4 is 10.6 Å². The van der Waals surface area contributed by atoms with Gasteiger partial charge in [-0.2, -0.15) is 0 Å². The van der Waals surface area contributed by atoms with E-state index >= 15 is 0 Å². The molecule has 0 spiro atoms. The molecule has 3 aromatic rings. The van der Waals surface area contributed by atoms with E-state index < -0.39 is 0 Å². The molecule has 0 saturated carbocycles. The van der Waals surface area contributed by atoms with Gasteiger partial charge in [-0.25, -0.2) is 0 Å². The lowest BCUT2D eigenvalue weighted by Gasteiger charge is -2.10. The number of amides is 2. The zero-order valence-electron chi connectivity index (χ0n) is 17.3. The van der Waals surface area contributed by atoms with Crippen LogP contribution >= 0.6 is 46.6 Å². The molecule has 0 saturated heterocycles. The summed E-state index contributed by atoms with van der Waals surface area (Å²) >= 11 is 19.3. The topological polar surface area (TPSA) is 88.9 Å². The van der Waals surface area contributed by atoms with Gasteiger partial charge in [-0.3, -0.25) is 9.59 Å². The molecule has 2 amide bonds. The summed E-state index contributed by atoms with van der Waals surface area (Å²) in [4.78, 5) is 24.7. The van der Waals surface area contributed by atoms with Crippen molar-refractivity contribution in [2.45, 2.75) is 32.1 Å². The van der Waals surface area contributed by atoms with E-state index in [-0.39, 0.29) is 34.2 Å². The standard InChI is InChI=1S/C21H20Cl3N5O2S/c1-3-29-17(10-25-20(31)13-6-4-12(2)5-7-13)27-28-21(29)32-11-18(30)26-19-15(23)8-14(22)9-16(19)24/h4-9H,3,10-11H2,1-2H3,(H,25,31)(H,26,30). The molecule has 0 fully saturated rings. The van der Waals surface area contributed by atoms with E-state index in [0.29, 0.717) is 33.8 Å². The lowest BCUT2D eigenvalue weighted by atomic mass is 10.1. The van der Waals surface area contributed by atoms with Crippen LogP contribution in [0.15, 0.2) is 41.6 Å². The van der Waals surface area contributed by atoms with Crippen molar-refractivity contribution in [3.8, 4) is 0 Å². The zero-order chi connectivity index (χ0) is 23.3. The second-order valence-corrected chi connectivity index (χ2v) is 8.97. The summed E-state index contributed by atoms with van der Waals surface area (Å²) in [6.45, 7) is 4.70. The number of hydrogen-bond donors (Lipinski definition) is 2. The third-order valence-corrected chi connectivity index (χ3v) is 6.22. The van der Waals surface area contributed by atoms with Crippen molar-refractivity contribution in [1.82, 2.24) is 20.1 Å². The Kier molecular flexibility index (Phi) is 8.42. The van der Waals surface area contributed by atoms with E-state index in [1.807, 2.05) is 30.5 Å². The van der Waals surface area contributed by atoms with E-state index in [1.165, 1.54) is 23.9 Å². The highest BCUT2D eigenvalue weighted by molar-refractivity contribution is 7.99. The molecular weight excluding hydrogens is 493 g/mol. The molecule has 11 heteroatoms. The van der Waals surface area contributed by atoms with Crippen LogP contribution in [-0.2, 0) is 17.9 Å². The number of aryl methyl sites for hydroxylation is 1. The van der Waals surface area contributed by atoms with Crippen LogP contribution in [0.25, 0.3) is 0 Å². The van der Waals surface area contributed by atoms with Gasteiger partial charge in [-0.15, -0.1) is 10.2 Å². The van der Waals surface area contributed by atoms with Gasteiger partial charge in [0.2, 0.25) is 5.91 Å². The molecule has 168 valence electrons. The molecule has 2 N–H and O–H groups in total. The first-order valence-corrected chi connectivity index (χ1v) is 11.7. The first kappa shape index (κ1) is 24.4. The lowest BCUT2D eigenvalue weighted by molar-refractivity contribution is -0.113. The fraction of sp³-hybridized carbons (Fsp3) is 0.238. The molecule has 3 rings (SSSR count). The van der Waals surface area contributed by atoms with Crippen LogP contribution in [0.3, 0.4) is 0 Å². The van der Waals surface area contributed by atoms with Gasteiger partial charge in [0.05, 0.1) is 28.0 Å². The van der Waals surface area contributed by atoms with Gasteiger partial charge in [0.1, 0.15) is 0 Å². The summed E-state index contributed by atoms with van der Waals surface area (Å²) in [6, 6.07) is 10.3. The minimum absolute atomic E-state index is 0.0726. The minimum atomic E-state index is -0.305. The molecule has 1 aromatic heterocycles. The van der Waals surface area contributed by atoms with Crippen LogP contribution in [0, 0.1) is 6.92 Å². The Morgan fingerprint density at radius 1 is 1.06 bits per heavy atom. The number of nitrogens with zero attached hydrogens (tertiary/aromatic N) is 3. The molecule has 0 atom stereocenters. The summed E-state index contributed by atoms with van der Waals surface area (Å²) in [5, 5.41) is 15.3. The molecular formula is C21H20Cl3N5O2S. The Morgan fingerprint density at radius 2 is 1.72 bits per heavy atom. The van der Waals surface area contributed by atoms with Gasteiger partial charge in [-0.1, -0.05) is 64.3 Å². The summed E-state index contributed by atoms with van der Waals surface area (Å²) in [5.74, 6) is 0.171. The molecule has 0 aliphatic heterocycles. The van der Waals surface area contributed by atoms with Gasteiger partial charge >= 0.3 is 0 Å². The van der Waals surface area contributed by atoms with Gasteiger partial charge in [0.15, 0.2) is 11.0 Å². The number of thioether (sulfide) groups is 1. The van der Waals surface area contributed by atoms with Crippen molar-refractivity contribution in [2.24, 2.45) is 0 Å². The average molecular weight is 513 g/mol. The molecule has 0 unspecified atom stereocenters. The summed E-state index contributed by atoms with van der Waals surface area (Å²) < 4.78 is 1.84. The zero-order valence-corrected chi connectivity index (χ0v) is 20.4. The predicted molar refractivity (Wildman–Crippen MR) is 129 cm³/mol. The Labute approximate surface area is 204 Å². The number of halogens is 3. The molecule has 0 bridgehead atoms. The largest absolute Gasteiger partial charge is 0.345 e. The van der Waals surface area contributed by atoms with Crippen molar-refractivity contribution in [3.05, 3.63) is 68.4 Å². The van der Waals surface area contributed by atoms with Gasteiger partial charge in [-0.05, 0) is 38.1 Å². The molecule has 0 aliphatic carbocycles. The van der Waals surface area contributed by atoms with Crippen molar-refractivity contribution in [1.29, 1.82) is 0 Å². The van der Waals surface area contributed by atoms with Crippen molar-refractivity contribution >= 4 is 64.1 Å². The Hall–Kier alpha value is -2.26. The first-order valence-electron chi connectivity index (χ1n) is 9.62. The molecule has 0 radical (unpaired) electrons. The smallest absolute Gasteiger partial charge is 0.251 e. The summed E-state index contributed by atoms with van der Waals surface area (Å²) in [7, 11) is 0. The third-order valence-electron chi connectivity index (χ3n) is 4.43. The van der Waals surface area contributed by atoms with Crippen LogP contribution in [0.2, 0.25) is 15.1 Å². The van der Waals surface area contributed by atoms with Crippen LogP contribution in [0.4, 0.5) is 5.69 Å². The monoisotopic (exact) mass is 511 g/mol. The van der Waals surface area contributed by atoms with Gasteiger partial charge < -0.3 is 15.2 Å². The lowest BCUT2D eigenvalue weighted by Crippen LogP contribution is -2.24. The highest BCUT2D eigenvalue weighted by atomic mass is 35.5. The highest BCUT2D eigenvalue weighted by Gasteiger charge is 2.16. The maximum absolute atomic E-state index is 12.4. The van der Waals surface area contributed by atoms with E-state index in [2.05, 4.69) is 20.8 Å². The van der Waals surface area contributed by atoms with Gasteiger partial charge in [0, 0.05) is 17.1 Å². The Bertz CT molecular complexity index is 1110. The van der Waals surface area contributed by atoms with Crippen LogP contribution in [0.1, 0.15) is 28.7 Å². The highest BCUT2D eigenvalue weighted by Crippen LogP contribution is 2.33. The van der Waals surface area contributed by atoms with E-state index in [1.54, 1.807) is 12.1 Å². The number of carbonyl (C=O) groups excluding carboxylic acids is 2. The van der Waals surface area contributed by atoms with E-state index in [9.17, 15) is 9.59 Å². The van der Waals surface area contributed by atoms with Crippen molar-refractivity contribution < 1.29 is 9.59 Å². The quantitative estimate of drug-likeness (QED) is 0.404. The van der Waals surface area contributed by atoms with Crippen LogP contribution in [0.5, 0.6) is 0 Å². The molecule has 7 nitrogen and oxygen atoms in total.